The summed E-state index contributed by atoms with van der Waals surface area (Å²) >= 11 is 0. The van der Waals surface area contributed by atoms with Gasteiger partial charge in [-0.1, -0.05) is 25.1 Å². The topological polar surface area (TPSA) is 55.1 Å². The number of amides is 1. The maximum atomic E-state index is 13.8. The van der Waals surface area contributed by atoms with E-state index in [4.69, 9.17) is 5.73 Å². The lowest BCUT2D eigenvalue weighted by Crippen LogP contribution is -2.13. The van der Waals surface area contributed by atoms with Crippen LogP contribution in [0.5, 0.6) is 0 Å². The number of anilines is 1. The van der Waals surface area contributed by atoms with Gasteiger partial charge in [0, 0.05) is 16.8 Å². The number of primary amides is 1. The molecule has 1 amide bonds. The average Bonchev–Trinajstić information content (AvgIpc) is 2.46. The third-order valence-corrected chi connectivity index (χ3v) is 3.20. The van der Waals surface area contributed by atoms with Crippen LogP contribution in [0.3, 0.4) is 0 Å². The Balaban J connectivity index is 2.18. The van der Waals surface area contributed by atoms with Crippen LogP contribution < -0.4 is 11.1 Å². The van der Waals surface area contributed by atoms with Crippen LogP contribution in [0.1, 0.15) is 35.3 Å². The molecule has 0 saturated carbocycles. The largest absolute Gasteiger partial charge is 0.378 e. The van der Waals surface area contributed by atoms with E-state index in [0.717, 1.165) is 12.1 Å². The Morgan fingerprint density at radius 1 is 1.20 bits per heavy atom. The number of carbonyl (C=O) groups excluding carboxylic acids is 1. The second-order valence-electron chi connectivity index (χ2n) is 4.57. The number of benzene rings is 2. The quantitative estimate of drug-likeness (QED) is 0.875. The first-order valence-corrected chi connectivity index (χ1v) is 6.52. The first-order chi connectivity index (χ1) is 9.61. The van der Waals surface area contributed by atoms with Crippen LogP contribution in [0, 0.1) is 5.82 Å². The van der Waals surface area contributed by atoms with Crippen LogP contribution in [-0.4, -0.2) is 5.91 Å². The van der Waals surface area contributed by atoms with Gasteiger partial charge in [0.25, 0.3) is 0 Å². The van der Waals surface area contributed by atoms with Gasteiger partial charge in [-0.3, -0.25) is 4.79 Å². The Morgan fingerprint density at radius 2 is 1.85 bits per heavy atom. The predicted molar refractivity (Wildman–Crippen MR) is 78.0 cm³/mol. The molecule has 0 fully saturated rings. The molecule has 0 aliphatic carbocycles. The van der Waals surface area contributed by atoms with Crippen LogP contribution in [-0.2, 0) is 0 Å². The Labute approximate surface area is 117 Å². The highest BCUT2D eigenvalue weighted by Crippen LogP contribution is 2.24. The Bertz CT molecular complexity index is 596. The van der Waals surface area contributed by atoms with Gasteiger partial charge in [0.2, 0.25) is 5.91 Å². The molecule has 3 N–H and O–H groups in total. The zero-order valence-corrected chi connectivity index (χ0v) is 11.3. The van der Waals surface area contributed by atoms with Crippen molar-refractivity contribution in [2.45, 2.75) is 19.4 Å². The molecule has 2 rings (SSSR count). The van der Waals surface area contributed by atoms with Gasteiger partial charge in [0.15, 0.2) is 0 Å². The third kappa shape index (κ3) is 3.15. The van der Waals surface area contributed by atoms with E-state index >= 15 is 0 Å². The molecular formula is C16H17FN2O. The number of carbonyl (C=O) groups is 1. The van der Waals surface area contributed by atoms with Gasteiger partial charge >= 0.3 is 0 Å². The van der Waals surface area contributed by atoms with Crippen LogP contribution in [0.25, 0.3) is 0 Å². The lowest BCUT2D eigenvalue weighted by Gasteiger charge is -2.19. The van der Waals surface area contributed by atoms with E-state index in [1.807, 2.05) is 13.0 Å². The minimum absolute atomic E-state index is 0.115. The van der Waals surface area contributed by atoms with Crippen molar-refractivity contribution >= 4 is 11.6 Å². The molecule has 20 heavy (non-hydrogen) atoms. The number of hydrogen-bond donors (Lipinski definition) is 2. The van der Waals surface area contributed by atoms with E-state index in [-0.39, 0.29) is 11.9 Å². The molecule has 1 unspecified atom stereocenters. The summed E-state index contributed by atoms with van der Waals surface area (Å²) in [5.41, 5.74) is 7.10. The van der Waals surface area contributed by atoms with Gasteiger partial charge in [-0.05, 0) is 36.8 Å². The minimum Gasteiger partial charge on any atom is -0.378 e. The fourth-order valence-corrected chi connectivity index (χ4v) is 2.09. The molecule has 3 nitrogen and oxygen atoms in total. The number of rotatable bonds is 5. The standard InChI is InChI=1S/C16H17FN2O/c1-2-15(13-5-3-4-6-14(13)17)19-12-9-7-11(8-10-12)16(18)20/h3-10,15,19H,2H2,1H3,(H2,18,20). The summed E-state index contributed by atoms with van der Waals surface area (Å²) in [6, 6.07) is 13.4. The van der Waals surface area contributed by atoms with E-state index in [1.165, 1.54) is 6.07 Å². The summed E-state index contributed by atoms with van der Waals surface area (Å²) in [5, 5.41) is 3.26. The van der Waals surface area contributed by atoms with E-state index < -0.39 is 5.91 Å². The Morgan fingerprint density at radius 3 is 2.40 bits per heavy atom. The van der Waals surface area contributed by atoms with Crippen molar-refractivity contribution in [1.82, 2.24) is 0 Å². The lowest BCUT2D eigenvalue weighted by molar-refractivity contribution is 0.100. The molecular weight excluding hydrogens is 255 g/mol. The van der Waals surface area contributed by atoms with Crippen molar-refractivity contribution in [2.24, 2.45) is 5.73 Å². The normalized spacial score (nSPS) is 11.9. The van der Waals surface area contributed by atoms with Crippen LogP contribution >= 0.6 is 0 Å². The van der Waals surface area contributed by atoms with E-state index in [1.54, 1.807) is 36.4 Å². The first-order valence-electron chi connectivity index (χ1n) is 6.52. The summed E-state index contributed by atoms with van der Waals surface area (Å²) in [4.78, 5) is 11.0. The number of hydrogen-bond acceptors (Lipinski definition) is 2. The maximum absolute atomic E-state index is 13.8. The highest BCUT2D eigenvalue weighted by atomic mass is 19.1. The van der Waals surface area contributed by atoms with E-state index in [0.29, 0.717) is 11.1 Å². The van der Waals surface area contributed by atoms with E-state index in [9.17, 15) is 9.18 Å². The third-order valence-electron chi connectivity index (χ3n) is 3.20. The molecule has 2 aromatic carbocycles. The lowest BCUT2D eigenvalue weighted by atomic mass is 10.0. The zero-order chi connectivity index (χ0) is 14.5. The number of halogens is 1. The smallest absolute Gasteiger partial charge is 0.248 e. The van der Waals surface area contributed by atoms with Gasteiger partial charge in [-0.15, -0.1) is 0 Å². The fraction of sp³-hybridized carbons (Fsp3) is 0.188. The summed E-state index contributed by atoms with van der Waals surface area (Å²) in [7, 11) is 0. The van der Waals surface area contributed by atoms with Crippen molar-refractivity contribution in [1.29, 1.82) is 0 Å². The van der Waals surface area contributed by atoms with Crippen molar-refractivity contribution in [3.63, 3.8) is 0 Å². The number of nitrogens with one attached hydrogen (secondary N) is 1. The second-order valence-corrected chi connectivity index (χ2v) is 4.57. The van der Waals surface area contributed by atoms with Gasteiger partial charge in [0.1, 0.15) is 5.82 Å². The highest BCUT2D eigenvalue weighted by molar-refractivity contribution is 5.93. The molecule has 0 aromatic heterocycles. The monoisotopic (exact) mass is 272 g/mol. The molecule has 0 saturated heterocycles. The maximum Gasteiger partial charge on any atom is 0.248 e. The Kier molecular flexibility index (Phi) is 4.35. The SMILES string of the molecule is CCC(Nc1ccc(C(N)=O)cc1)c1ccccc1F. The van der Waals surface area contributed by atoms with Crippen molar-refractivity contribution in [2.75, 3.05) is 5.32 Å². The van der Waals surface area contributed by atoms with Gasteiger partial charge in [-0.25, -0.2) is 4.39 Å². The zero-order valence-electron chi connectivity index (χ0n) is 11.3. The molecule has 0 aliphatic rings. The van der Waals surface area contributed by atoms with Gasteiger partial charge < -0.3 is 11.1 Å². The van der Waals surface area contributed by atoms with Crippen LogP contribution in [0.15, 0.2) is 48.5 Å². The van der Waals surface area contributed by atoms with Gasteiger partial charge in [-0.2, -0.15) is 0 Å². The molecule has 104 valence electrons. The number of nitrogens with two attached hydrogens (primary N) is 1. The predicted octanol–water partition coefficient (Wildman–Crippen LogP) is 3.49. The van der Waals surface area contributed by atoms with Gasteiger partial charge in [0.05, 0.1) is 6.04 Å². The molecule has 4 heteroatoms. The summed E-state index contributed by atoms with van der Waals surface area (Å²) in [5.74, 6) is -0.682. The molecule has 0 bridgehead atoms. The molecule has 2 aromatic rings. The molecule has 0 heterocycles. The highest BCUT2D eigenvalue weighted by Gasteiger charge is 2.13. The second kappa shape index (κ2) is 6.19. The van der Waals surface area contributed by atoms with E-state index in [2.05, 4.69) is 5.32 Å². The van der Waals surface area contributed by atoms with Crippen LogP contribution in [0.2, 0.25) is 0 Å². The summed E-state index contributed by atoms with van der Waals surface area (Å²) in [6.07, 6.45) is 0.749. The first kappa shape index (κ1) is 14.1. The fourth-order valence-electron chi connectivity index (χ4n) is 2.09. The summed E-state index contributed by atoms with van der Waals surface area (Å²) in [6.45, 7) is 1.99. The average molecular weight is 272 g/mol. The van der Waals surface area contributed by atoms with Crippen molar-refractivity contribution < 1.29 is 9.18 Å². The summed E-state index contributed by atoms with van der Waals surface area (Å²) < 4.78 is 13.8. The minimum atomic E-state index is -0.460. The van der Waals surface area contributed by atoms with Crippen LogP contribution in [0.4, 0.5) is 10.1 Å². The molecule has 0 spiro atoms. The molecule has 1 atom stereocenters. The Hall–Kier alpha value is -2.36. The molecule has 0 radical (unpaired) electrons. The van der Waals surface area contributed by atoms with Crippen molar-refractivity contribution in [3.05, 3.63) is 65.5 Å². The van der Waals surface area contributed by atoms with Crippen molar-refractivity contribution in [3.8, 4) is 0 Å². The molecule has 0 aliphatic heterocycles.